The molecule has 0 saturated carbocycles. The Bertz CT molecular complexity index is 484. The van der Waals surface area contributed by atoms with Crippen LogP contribution in [0.2, 0.25) is 5.02 Å². The SMILES string of the molecule is O=C(CSc1ncccc1Cl)c1ccco1. The molecule has 82 valence electrons. The van der Waals surface area contributed by atoms with Gasteiger partial charge in [-0.15, -0.1) is 0 Å². The Kier molecular flexibility index (Phi) is 3.64. The van der Waals surface area contributed by atoms with Crippen molar-refractivity contribution >= 4 is 29.1 Å². The molecule has 0 saturated heterocycles. The van der Waals surface area contributed by atoms with Gasteiger partial charge in [0.05, 0.1) is 17.0 Å². The first kappa shape index (κ1) is 11.2. The second kappa shape index (κ2) is 5.18. The molecular weight excluding hydrogens is 246 g/mol. The highest BCUT2D eigenvalue weighted by molar-refractivity contribution is 8.00. The first-order valence-electron chi connectivity index (χ1n) is 4.57. The van der Waals surface area contributed by atoms with Crippen LogP contribution in [0.25, 0.3) is 0 Å². The van der Waals surface area contributed by atoms with Crippen LogP contribution in [0.5, 0.6) is 0 Å². The smallest absolute Gasteiger partial charge is 0.208 e. The van der Waals surface area contributed by atoms with Gasteiger partial charge in [-0.2, -0.15) is 0 Å². The minimum Gasteiger partial charge on any atom is -0.461 e. The molecule has 16 heavy (non-hydrogen) atoms. The van der Waals surface area contributed by atoms with Crippen molar-refractivity contribution in [1.29, 1.82) is 0 Å². The van der Waals surface area contributed by atoms with E-state index in [9.17, 15) is 4.79 Å². The summed E-state index contributed by atoms with van der Waals surface area (Å²) in [6.07, 6.45) is 3.12. The van der Waals surface area contributed by atoms with Gasteiger partial charge in [-0.1, -0.05) is 23.4 Å². The first-order valence-corrected chi connectivity index (χ1v) is 5.94. The number of pyridine rings is 1. The zero-order valence-corrected chi connectivity index (χ0v) is 9.79. The maximum atomic E-state index is 11.6. The minimum absolute atomic E-state index is 0.0725. The Morgan fingerprint density at radius 2 is 2.31 bits per heavy atom. The van der Waals surface area contributed by atoms with Gasteiger partial charge in [0, 0.05) is 6.20 Å². The van der Waals surface area contributed by atoms with Crippen LogP contribution in [0.15, 0.2) is 46.2 Å². The van der Waals surface area contributed by atoms with Gasteiger partial charge in [-0.05, 0) is 24.3 Å². The molecule has 3 nitrogen and oxygen atoms in total. The molecule has 2 aromatic rings. The highest BCUT2D eigenvalue weighted by Crippen LogP contribution is 2.24. The number of carbonyl (C=O) groups is 1. The van der Waals surface area contributed by atoms with Gasteiger partial charge >= 0.3 is 0 Å². The van der Waals surface area contributed by atoms with Gasteiger partial charge in [0.15, 0.2) is 5.76 Å². The predicted octanol–water partition coefficient (Wildman–Crippen LogP) is 3.30. The highest BCUT2D eigenvalue weighted by atomic mass is 35.5. The number of aromatic nitrogens is 1. The van der Waals surface area contributed by atoms with Crippen LogP contribution in [0.4, 0.5) is 0 Å². The van der Waals surface area contributed by atoms with Crippen molar-refractivity contribution in [3.63, 3.8) is 0 Å². The van der Waals surface area contributed by atoms with Crippen molar-refractivity contribution in [2.45, 2.75) is 5.03 Å². The molecule has 0 unspecified atom stereocenters. The standard InChI is InChI=1S/C11H8ClNO2S/c12-8-3-1-5-13-11(8)16-7-9(14)10-4-2-6-15-10/h1-6H,7H2. The molecule has 0 fully saturated rings. The molecule has 0 radical (unpaired) electrons. The molecule has 0 bridgehead atoms. The number of ketones is 1. The Morgan fingerprint density at radius 3 is 3.00 bits per heavy atom. The summed E-state index contributed by atoms with van der Waals surface area (Å²) in [5.41, 5.74) is 0. The number of Topliss-reactive ketones (excluding diaryl/α,β-unsaturated/α-hetero) is 1. The highest BCUT2D eigenvalue weighted by Gasteiger charge is 2.10. The summed E-state index contributed by atoms with van der Waals surface area (Å²) >= 11 is 7.22. The topological polar surface area (TPSA) is 43.1 Å². The monoisotopic (exact) mass is 253 g/mol. The van der Waals surface area contributed by atoms with Crippen LogP contribution in [0, 0.1) is 0 Å². The van der Waals surface area contributed by atoms with Crippen LogP contribution < -0.4 is 0 Å². The molecule has 0 atom stereocenters. The zero-order valence-electron chi connectivity index (χ0n) is 8.22. The fraction of sp³-hybridized carbons (Fsp3) is 0.0909. The largest absolute Gasteiger partial charge is 0.461 e. The van der Waals surface area contributed by atoms with E-state index in [4.69, 9.17) is 16.0 Å². The summed E-state index contributed by atoms with van der Waals surface area (Å²) in [6.45, 7) is 0. The van der Waals surface area contributed by atoms with E-state index in [2.05, 4.69) is 4.98 Å². The van der Waals surface area contributed by atoms with E-state index in [-0.39, 0.29) is 11.5 Å². The molecule has 0 N–H and O–H groups in total. The van der Waals surface area contributed by atoms with Crippen LogP contribution >= 0.6 is 23.4 Å². The summed E-state index contributed by atoms with van der Waals surface area (Å²) in [4.78, 5) is 15.7. The number of thioether (sulfide) groups is 1. The third-order valence-corrected chi connectivity index (χ3v) is 3.28. The lowest BCUT2D eigenvalue weighted by Gasteiger charge is -2.00. The van der Waals surface area contributed by atoms with Crippen LogP contribution in [0.1, 0.15) is 10.6 Å². The molecule has 0 spiro atoms. The Labute approximate surface area is 102 Å². The normalized spacial score (nSPS) is 10.3. The number of hydrogen-bond acceptors (Lipinski definition) is 4. The molecule has 2 rings (SSSR count). The van der Waals surface area contributed by atoms with Crippen molar-refractivity contribution in [3.8, 4) is 0 Å². The van der Waals surface area contributed by atoms with Crippen LogP contribution in [0.3, 0.4) is 0 Å². The fourth-order valence-electron chi connectivity index (χ4n) is 1.12. The Hall–Kier alpha value is -1.26. The molecular formula is C11H8ClNO2S. The average Bonchev–Trinajstić information content (AvgIpc) is 2.81. The maximum Gasteiger partial charge on any atom is 0.208 e. The second-order valence-electron chi connectivity index (χ2n) is 2.98. The molecule has 2 heterocycles. The molecule has 0 aliphatic carbocycles. The van der Waals surface area contributed by atoms with Crippen LogP contribution in [-0.4, -0.2) is 16.5 Å². The fourth-order valence-corrected chi connectivity index (χ4v) is 2.16. The van der Waals surface area contributed by atoms with Gasteiger partial charge in [0.1, 0.15) is 5.03 Å². The minimum atomic E-state index is -0.0725. The summed E-state index contributed by atoms with van der Waals surface area (Å²) in [5, 5.41) is 1.21. The van der Waals surface area contributed by atoms with Crippen molar-refractivity contribution in [3.05, 3.63) is 47.5 Å². The van der Waals surface area contributed by atoms with E-state index in [0.29, 0.717) is 15.8 Å². The molecule has 2 aromatic heterocycles. The Balaban J connectivity index is 1.98. The van der Waals surface area contributed by atoms with Gasteiger partial charge in [0.25, 0.3) is 0 Å². The zero-order chi connectivity index (χ0) is 11.4. The summed E-state index contributed by atoms with van der Waals surface area (Å²) in [6, 6.07) is 6.82. The van der Waals surface area contributed by atoms with E-state index in [0.717, 1.165) is 0 Å². The number of carbonyl (C=O) groups excluding carboxylic acids is 1. The lowest BCUT2D eigenvalue weighted by molar-refractivity contribution is 0.0992. The summed E-state index contributed by atoms with van der Waals surface area (Å²) in [5.74, 6) is 0.556. The lowest BCUT2D eigenvalue weighted by atomic mass is 10.3. The third kappa shape index (κ3) is 2.65. The molecule has 0 aromatic carbocycles. The number of rotatable bonds is 4. The number of furan rings is 1. The van der Waals surface area contributed by atoms with Gasteiger partial charge in [0.2, 0.25) is 5.78 Å². The average molecular weight is 254 g/mol. The van der Waals surface area contributed by atoms with Crippen molar-refractivity contribution < 1.29 is 9.21 Å². The van der Waals surface area contributed by atoms with Crippen molar-refractivity contribution in [2.24, 2.45) is 0 Å². The van der Waals surface area contributed by atoms with Gasteiger partial charge in [-0.3, -0.25) is 4.79 Å². The third-order valence-electron chi connectivity index (χ3n) is 1.86. The number of halogens is 1. The van der Waals surface area contributed by atoms with Crippen molar-refractivity contribution in [1.82, 2.24) is 4.98 Å². The van der Waals surface area contributed by atoms with Gasteiger partial charge < -0.3 is 4.42 Å². The molecule has 5 heteroatoms. The molecule has 0 aliphatic rings. The lowest BCUT2D eigenvalue weighted by Crippen LogP contribution is -2.00. The maximum absolute atomic E-state index is 11.6. The number of nitrogens with zero attached hydrogens (tertiary/aromatic N) is 1. The molecule has 0 amide bonds. The summed E-state index contributed by atoms with van der Waals surface area (Å²) < 4.78 is 5.00. The first-order chi connectivity index (χ1) is 7.77. The quantitative estimate of drug-likeness (QED) is 0.619. The Morgan fingerprint density at radius 1 is 1.44 bits per heavy atom. The molecule has 0 aliphatic heterocycles. The van der Waals surface area contributed by atoms with E-state index >= 15 is 0 Å². The van der Waals surface area contributed by atoms with Crippen LogP contribution in [-0.2, 0) is 0 Å². The van der Waals surface area contributed by atoms with E-state index in [1.807, 2.05) is 0 Å². The van der Waals surface area contributed by atoms with E-state index in [1.54, 1.807) is 30.5 Å². The van der Waals surface area contributed by atoms with E-state index < -0.39 is 0 Å². The van der Waals surface area contributed by atoms with Crippen molar-refractivity contribution in [2.75, 3.05) is 5.75 Å². The predicted molar refractivity (Wildman–Crippen MR) is 63.0 cm³/mol. The van der Waals surface area contributed by atoms with E-state index in [1.165, 1.54) is 18.0 Å². The second-order valence-corrected chi connectivity index (χ2v) is 4.35. The summed E-state index contributed by atoms with van der Waals surface area (Å²) in [7, 11) is 0. The number of hydrogen-bond donors (Lipinski definition) is 0. The van der Waals surface area contributed by atoms with Gasteiger partial charge in [-0.25, -0.2) is 4.98 Å².